The number of nitrogens with zero attached hydrogens (tertiary/aromatic N) is 1. The summed E-state index contributed by atoms with van der Waals surface area (Å²) < 4.78 is 5.76. The third kappa shape index (κ3) is 5.36. The number of likely N-dealkylation sites (N-methyl/N-ethyl adjacent to an activating group) is 2. The Morgan fingerprint density at radius 2 is 2.18 bits per heavy atom. The van der Waals surface area contributed by atoms with Crippen LogP contribution in [0.2, 0.25) is 0 Å². The summed E-state index contributed by atoms with van der Waals surface area (Å²) in [6.45, 7) is 12.1. The van der Waals surface area contributed by atoms with Gasteiger partial charge in [-0.05, 0) is 32.4 Å². The fourth-order valence-electron chi connectivity index (χ4n) is 2.64. The first-order valence-electron chi connectivity index (χ1n) is 7.38. The minimum Gasteiger partial charge on any atom is -0.377 e. The van der Waals surface area contributed by atoms with Crippen molar-refractivity contribution in [3.63, 3.8) is 0 Å². The van der Waals surface area contributed by atoms with Crippen LogP contribution in [0, 0.1) is 0 Å². The molecule has 0 aromatic carbocycles. The van der Waals surface area contributed by atoms with Crippen LogP contribution in [0.1, 0.15) is 46.5 Å². The summed E-state index contributed by atoms with van der Waals surface area (Å²) in [5.41, 5.74) is 0. The average molecular weight is 242 g/mol. The van der Waals surface area contributed by atoms with Crippen LogP contribution in [0.5, 0.6) is 0 Å². The van der Waals surface area contributed by atoms with Crippen molar-refractivity contribution < 1.29 is 4.74 Å². The summed E-state index contributed by atoms with van der Waals surface area (Å²) in [6, 6.07) is 0.675. The zero-order valence-electron chi connectivity index (χ0n) is 11.9. The molecule has 0 spiro atoms. The van der Waals surface area contributed by atoms with Gasteiger partial charge in [-0.15, -0.1) is 0 Å². The molecule has 2 atom stereocenters. The molecule has 0 radical (unpaired) electrons. The van der Waals surface area contributed by atoms with Crippen molar-refractivity contribution in [2.45, 2.75) is 58.6 Å². The normalized spacial score (nSPS) is 22.2. The molecule has 0 aromatic rings. The van der Waals surface area contributed by atoms with Gasteiger partial charge in [0.15, 0.2) is 0 Å². The number of hydrogen-bond acceptors (Lipinski definition) is 3. The molecule has 1 saturated heterocycles. The predicted molar refractivity (Wildman–Crippen MR) is 73.5 cm³/mol. The van der Waals surface area contributed by atoms with E-state index in [0.29, 0.717) is 12.1 Å². The highest BCUT2D eigenvalue weighted by Gasteiger charge is 2.22. The second-order valence-electron chi connectivity index (χ2n) is 4.97. The van der Waals surface area contributed by atoms with E-state index in [0.717, 1.165) is 32.8 Å². The fourth-order valence-corrected chi connectivity index (χ4v) is 2.64. The first-order valence-corrected chi connectivity index (χ1v) is 7.38. The Bertz CT molecular complexity index is 181. The molecule has 1 heterocycles. The largest absolute Gasteiger partial charge is 0.377 e. The van der Waals surface area contributed by atoms with Crippen molar-refractivity contribution in [3.05, 3.63) is 0 Å². The maximum absolute atomic E-state index is 5.76. The Kier molecular flexibility index (Phi) is 7.82. The molecule has 0 bridgehead atoms. The smallest absolute Gasteiger partial charge is 0.0702 e. The van der Waals surface area contributed by atoms with Gasteiger partial charge in [-0.25, -0.2) is 0 Å². The van der Waals surface area contributed by atoms with Crippen LogP contribution in [0.15, 0.2) is 0 Å². The van der Waals surface area contributed by atoms with Gasteiger partial charge in [-0.1, -0.05) is 27.2 Å². The molecule has 1 fully saturated rings. The molecule has 2 unspecified atom stereocenters. The lowest BCUT2D eigenvalue weighted by Crippen LogP contribution is -2.45. The molecule has 0 aliphatic carbocycles. The van der Waals surface area contributed by atoms with E-state index in [4.69, 9.17) is 4.74 Å². The highest BCUT2D eigenvalue weighted by atomic mass is 16.5. The van der Waals surface area contributed by atoms with E-state index in [1.165, 1.54) is 25.7 Å². The van der Waals surface area contributed by atoms with Crippen LogP contribution in [0.25, 0.3) is 0 Å². The molecule has 102 valence electrons. The summed E-state index contributed by atoms with van der Waals surface area (Å²) in [7, 11) is 0. The summed E-state index contributed by atoms with van der Waals surface area (Å²) in [5, 5.41) is 3.49. The van der Waals surface area contributed by atoms with Crippen molar-refractivity contribution in [1.29, 1.82) is 0 Å². The van der Waals surface area contributed by atoms with Crippen molar-refractivity contribution in [2.75, 3.05) is 32.8 Å². The molecule has 1 N–H and O–H groups in total. The van der Waals surface area contributed by atoms with E-state index in [2.05, 4.69) is 31.0 Å². The zero-order valence-corrected chi connectivity index (χ0v) is 11.9. The van der Waals surface area contributed by atoms with Crippen LogP contribution in [-0.4, -0.2) is 49.8 Å². The average Bonchev–Trinajstić information content (AvgIpc) is 2.84. The molecule has 0 amide bonds. The molecular weight excluding hydrogens is 212 g/mol. The van der Waals surface area contributed by atoms with Crippen LogP contribution in [0.4, 0.5) is 0 Å². The topological polar surface area (TPSA) is 24.5 Å². The van der Waals surface area contributed by atoms with Crippen LogP contribution < -0.4 is 5.32 Å². The third-order valence-corrected chi connectivity index (χ3v) is 3.64. The summed E-state index contributed by atoms with van der Waals surface area (Å²) in [5.74, 6) is 0. The van der Waals surface area contributed by atoms with Gasteiger partial charge in [0.2, 0.25) is 0 Å². The molecule has 1 rings (SSSR count). The lowest BCUT2D eigenvalue weighted by atomic mass is 10.1. The number of nitrogens with one attached hydrogen (secondary N) is 1. The van der Waals surface area contributed by atoms with Gasteiger partial charge in [0.1, 0.15) is 0 Å². The minimum absolute atomic E-state index is 0.482. The van der Waals surface area contributed by atoms with E-state index in [1.54, 1.807) is 0 Å². The molecule has 17 heavy (non-hydrogen) atoms. The van der Waals surface area contributed by atoms with E-state index in [-0.39, 0.29) is 0 Å². The van der Waals surface area contributed by atoms with Crippen LogP contribution >= 0.6 is 0 Å². The molecule has 0 aromatic heterocycles. The van der Waals surface area contributed by atoms with E-state index >= 15 is 0 Å². The van der Waals surface area contributed by atoms with Crippen molar-refractivity contribution in [2.24, 2.45) is 0 Å². The van der Waals surface area contributed by atoms with Crippen LogP contribution in [0.3, 0.4) is 0 Å². The van der Waals surface area contributed by atoms with Gasteiger partial charge in [0, 0.05) is 25.7 Å². The molecule has 3 nitrogen and oxygen atoms in total. The van der Waals surface area contributed by atoms with Gasteiger partial charge >= 0.3 is 0 Å². The molecule has 3 heteroatoms. The van der Waals surface area contributed by atoms with E-state index in [1.807, 2.05) is 0 Å². The lowest BCUT2D eigenvalue weighted by Gasteiger charge is -2.32. The highest BCUT2D eigenvalue weighted by Crippen LogP contribution is 2.16. The SMILES string of the molecule is CCCC(CNCC)N(CC)CC1CCCO1. The number of ether oxygens (including phenoxy) is 1. The molecule has 1 aliphatic heterocycles. The van der Waals surface area contributed by atoms with Gasteiger partial charge in [-0.3, -0.25) is 4.90 Å². The Balaban J connectivity index is 2.40. The Morgan fingerprint density at radius 1 is 1.35 bits per heavy atom. The van der Waals surface area contributed by atoms with Crippen LogP contribution in [-0.2, 0) is 4.74 Å². The Hall–Kier alpha value is -0.120. The minimum atomic E-state index is 0.482. The van der Waals surface area contributed by atoms with Crippen molar-refractivity contribution in [1.82, 2.24) is 10.2 Å². The summed E-state index contributed by atoms with van der Waals surface area (Å²) in [6.07, 6.45) is 5.52. The second kappa shape index (κ2) is 8.90. The van der Waals surface area contributed by atoms with E-state index in [9.17, 15) is 0 Å². The number of rotatable bonds is 9. The maximum Gasteiger partial charge on any atom is 0.0702 e. The summed E-state index contributed by atoms with van der Waals surface area (Å²) in [4.78, 5) is 2.60. The van der Waals surface area contributed by atoms with E-state index < -0.39 is 0 Å². The molecule has 1 aliphatic rings. The quantitative estimate of drug-likeness (QED) is 0.671. The van der Waals surface area contributed by atoms with Gasteiger partial charge in [0.05, 0.1) is 6.10 Å². The highest BCUT2D eigenvalue weighted by molar-refractivity contribution is 4.77. The first kappa shape index (κ1) is 14.9. The monoisotopic (exact) mass is 242 g/mol. The Labute approximate surface area is 107 Å². The zero-order chi connectivity index (χ0) is 12.5. The molecule has 0 saturated carbocycles. The van der Waals surface area contributed by atoms with Gasteiger partial charge in [0.25, 0.3) is 0 Å². The predicted octanol–water partition coefficient (Wildman–Crippen LogP) is 2.27. The third-order valence-electron chi connectivity index (χ3n) is 3.64. The van der Waals surface area contributed by atoms with Gasteiger partial charge < -0.3 is 10.1 Å². The lowest BCUT2D eigenvalue weighted by molar-refractivity contribution is 0.0571. The van der Waals surface area contributed by atoms with Crippen molar-refractivity contribution in [3.8, 4) is 0 Å². The van der Waals surface area contributed by atoms with Crippen molar-refractivity contribution >= 4 is 0 Å². The standard InChI is InChI=1S/C14H30N2O/c1-4-8-13(11-15-5-2)16(6-3)12-14-9-7-10-17-14/h13-15H,4-12H2,1-3H3. The number of hydrogen-bond donors (Lipinski definition) is 1. The summed E-state index contributed by atoms with van der Waals surface area (Å²) >= 11 is 0. The second-order valence-corrected chi connectivity index (χ2v) is 4.97. The van der Waals surface area contributed by atoms with Gasteiger partial charge in [-0.2, -0.15) is 0 Å². The Morgan fingerprint density at radius 3 is 2.71 bits per heavy atom. The first-order chi connectivity index (χ1) is 8.31. The maximum atomic E-state index is 5.76. The fraction of sp³-hybridized carbons (Fsp3) is 1.00. The molecular formula is C14H30N2O.